The minimum atomic E-state index is -0.366. The van der Waals surface area contributed by atoms with Crippen LogP contribution in [0.1, 0.15) is 43.5 Å². The van der Waals surface area contributed by atoms with Gasteiger partial charge in [-0.1, -0.05) is 18.9 Å². The summed E-state index contributed by atoms with van der Waals surface area (Å²) in [5.41, 5.74) is 1.87. The van der Waals surface area contributed by atoms with Crippen LogP contribution in [0.4, 0.5) is 0 Å². The van der Waals surface area contributed by atoms with Crippen molar-refractivity contribution in [1.82, 2.24) is 9.88 Å². The first-order valence-electron chi connectivity index (χ1n) is 7.53. The molecule has 0 amide bonds. The minimum Gasteiger partial charge on any atom is -0.390 e. The molecule has 19 heavy (non-hydrogen) atoms. The highest BCUT2D eigenvalue weighted by Crippen LogP contribution is 2.39. The van der Waals surface area contributed by atoms with E-state index in [1.165, 1.54) is 19.3 Å². The summed E-state index contributed by atoms with van der Waals surface area (Å²) in [5.74, 6) is 0.472. The topological polar surface area (TPSA) is 36.4 Å². The van der Waals surface area contributed by atoms with Crippen molar-refractivity contribution in [3.63, 3.8) is 0 Å². The SMILES string of the molecule is Cc1cccc(CN2CCC3(O)CCCCC3C2)n1. The zero-order valence-corrected chi connectivity index (χ0v) is 11.8. The summed E-state index contributed by atoms with van der Waals surface area (Å²) in [7, 11) is 0. The molecule has 1 saturated heterocycles. The van der Waals surface area contributed by atoms with Gasteiger partial charge >= 0.3 is 0 Å². The van der Waals surface area contributed by atoms with Crippen LogP contribution >= 0.6 is 0 Å². The fourth-order valence-electron chi connectivity index (χ4n) is 3.70. The molecule has 1 aromatic rings. The van der Waals surface area contributed by atoms with Gasteiger partial charge in [-0.25, -0.2) is 0 Å². The summed E-state index contributed by atoms with van der Waals surface area (Å²) in [6.45, 7) is 5.00. The molecule has 0 spiro atoms. The Kier molecular flexibility index (Phi) is 3.59. The Morgan fingerprint density at radius 1 is 1.37 bits per heavy atom. The number of piperidine rings is 1. The van der Waals surface area contributed by atoms with Crippen LogP contribution in [0.25, 0.3) is 0 Å². The Hall–Kier alpha value is -0.930. The average Bonchev–Trinajstić information content (AvgIpc) is 2.39. The fourth-order valence-corrected chi connectivity index (χ4v) is 3.70. The molecule has 1 aliphatic heterocycles. The Bertz CT molecular complexity index is 448. The smallest absolute Gasteiger partial charge is 0.0700 e. The Morgan fingerprint density at radius 3 is 3.11 bits per heavy atom. The normalized spacial score (nSPS) is 32.0. The lowest BCUT2D eigenvalue weighted by Gasteiger charge is -2.47. The van der Waals surface area contributed by atoms with E-state index in [-0.39, 0.29) is 5.60 Å². The highest BCUT2D eigenvalue weighted by atomic mass is 16.3. The number of nitrogens with zero attached hydrogens (tertiary/aromatic N) is 2. The molecule has 0 bridgehead atoms. The summed E-state index contributed by atoms with van der Waals surface area (Å²) >= 11 is 0. The van der Waals surface area contributed by atoms with Crippen LogP contribution in [-0.2, 0) is 6.54 Å². The second kappa shape index (κ2) is 5.22. The number of pyridine rings is 1. The van der Waals surface area contributed by atoms with Gasteiger partial charge in [0.2, 0.25) is 0 Å². The molecule has 0 aromatic carbocycles. The number of rotatable bonds is 2. The van der Waals surface area contributed by atoms with Crippen molar-refractivity contribution in [1.29, 1.82) is 0 Å². The standard InChI is InChI=1S/C16H24N2O/c1-13-5-4-7-15(17-13)12-18-10-9-16(19)8-3-2-6-14(16)11-18/h4-5,7,14,19H,2-3,6,8-12H2,1H3. The first kappa shape index (κ1) is 13.1. The predicted molar refractivity (Wildman–Crippen MR) is 75.8 cm³/mol. The van der Waals surface area contributed by atoms with Gasteiger partial charge in [0, 0.05) is 31.2 Å². The van der Waals surface area contributed by atoms with E-state index in [0.29, 0.717) is 5.92 Å². The van der Waals surface area contributed by atoms with Gasteiger partial charge in [-0.3, -0.25) is 9.88 Å². The van der Waals surface area contributed by atoms with Gasteiger partial charge in [0.1, 0.15) is 0 Å². The van der Waals surface area contributed by atoms with E-state index in [9.17, 15) is 5.11 Å². The van der Waals surface area contributed by atoms with Crippen LogP contribution in [0.2, 0.25) is 0 Å². The molecule has 3 nitrogen and oxygen atoms in total. The van der Waals surface area contributed by atoms with E-state index in [2.05, 4.69) is 22.0 Å². The van der Waals surface area contributed by atoms with Crippen LogP contribution in [-0.4, -0.2) is 33.7 Å². The van der Waals surface area contributed by atoms with E-state index < -0.39 is 0 Å². The van der Waals surface area contributed by atoms with Gasteiger partial charge in [0.05, 0.1) is 11.3 Å². The second-order valence-corrected chi connectivity index (χ2v) is 6.30. The van der Waals surface area contributed by atoms with E-state index in [1.54, 1.807) is 0 Å². The Labute approximate surface area is 115 Å². The molecule has 2 unspecified atom stereocenters. The number of aliphatic hydroxyl groups is 1. The van der Waals surface area contributed by atoms with Crippen molar-refractivity contribution in [3.8, 4) is 0 Å². The van der Waals surface area contributed by atoms with E-state index in [0.717, 1.165) is 43.9 Å². The van der Waals surface area contributed by atoms with Crippen molar-refractivity contribution in [2.45, 2.75) is 51.2 Å². The molecular weight excluding hydrogens is 236 g/mol. The molecule has 3 heteroatoms. The average molecular weight is 260 g/mol. The van der Waals surface area contributed by atoms with Gasteiger partial charge in [-0.15, -0.1) is 0 Å². The minimum absolute atomic E-state index is 0.366. The Balaban J connectivity index is 1.65. The maximum atomic E-state index is 10.7. The van der Waals surface area contributed by atoms with Crippen molar-refractivity contribution in [2.75, 3.05) is 13.1 Å². The molecule has 2 aliphatic rings. The number of hydrogen-bond donors (Lipinski definition) is 1. The van der Waals surface area contributed by atoms with E-state index in [4.69, 9.17) is 0 Å². The third-order valence-corrected chi connectivity index (χ3v) is 4.84. The predicted octanol–water partition coefficient (Wildman–Crippen LogP) is 2.52. The number of hydrogen-bond acceptors (Lipinski definition) is 3. The first-order chi connectivity index (χ1) is 9.16. The molecule has 104 valence electrons. The molecule has 1 saturated carbocycles. The molecule has 1 aromatic heterocycles. The first-order valence-corrected chi connectivity index (χ1v) is 7.53. The number of aryl methyl sites for hydroxylation is 1. The lowest BCUT2D eigenvalue weighted by molar-refractivity contribution is -0.0969. The van der Waals surface area contributed by atoms with Gasteiger partial charge in [0.25, 0.3) is 0 Å². The third kappa shape index (κ3) is 2.82. The largest absolute Gasteiger partial charge is 0.390 e. The van der Waals surface area contributed by atoms with Crippen molar-refractivity contribution < 1.29 is 5.11 Å². The highest BCUT2D eigenvalue weighted by Gasteiger charge is 2.42. The van der Waals surface area contributed by atoms with E-state index in [1.807, 2.05) is 13.0 Å². The second-order valence-electron chi connectivity index (χ2n) is 6.30. The van der Waals surface area contributed by atoms with Crippen LogP contribution in [0.5, 0.6) is 0 Å². The Morgan fingerprint density at radius 2 is 2.26 bits per heavy atom. The molecule has 1 N–H and O–H groups in total. The van der Waals surface area contributed by atoms with Gasteiger partial charge in [-0.05, 0) is 38.3 Å². The zero-order chi connectivity index (χ0) is 13.3. The molecule has 2 atom stereocenters. The van der Waals surface area contributed by atoms with Crippen molar-refractivity contribution >= 4 is 0 Å². The molecule has 3 rings (SSSR count). The number of likely N-dealkylation sites (tertiary alicyclic amines) is 1. The molecular formula is C16H24N2O. The fraction of sp³-hybridized carbons (Fsp3) is 0.688. The molecule has 2 fully saturated rings. The summed E-state index contributed by atoms with van der Waals surface area (Å²) in [4.78, 5) is 7.05. The summed E-state index contributed by atoms with van der Waals surface area (Å²) in [6, 6.07) is 6.23. The highest BCUT2D eigenvalue weighted by molar-refractivity contribution is 5.10. The number of fused-ring (bicyclic) bond motifs is 1. The maximum absolute atomic E-state index is 10.7. The quantitative estimate of drug-likeness (QED) is 0.887. The molecule has 0 radical (unpaired) electrons. The lowest BCUT2D eigenvalue weighted by Crippen LogP contribution is -2.53. The summed E-state index contributed by atoms with van der Waals surface area (Å²) in [6.07, 6.45) is 5.61. The summed E-state index contributed by atoms with van der Waals surface area (Å²) < 4.78 is 0. The lowest BCUT2D eigenvalue weighted by atomic mass is 9.71. The van der Waals surface area contributed by atoms with Gasteiger partial charge in [-0.2, -0.15) is 0 Å². The van der Waals surface area contributed by atoms with Crippen molar-refractivity contribution in [3.05, 3.63) is 29.6 Å². The maximum Gasteiger partial charge on any atom is 0.0700 e. The molecule has 1 aliphatic carbocycles. The third-order valence-electron chi connectivity index (χ3n) is 4.84. The zero-order valence-electron chi connectivity index (χ0n) is 11.8. The van der Waals surface area contributed by atoms with Crippen LogP contribution in [0.3, 0.4) is 0 Å². The van der Waals surface area contributed by atoms with Gasteiger partial charge in [0.15, 0.2) is 0 Å². The van der Waals surface area contributed by atoms with Gasteiger partial charge < -0.3 is 5.11 Å². The van der Waals surface area contributed by atoms with Crippen molar-refractivity contribution in [2.24, 2.45) is 5.92 Å². The summed E-state index contributed by atoms with van der Waals surface area (Å²) in [5, 5.41) is 10.7. The van der Waals surface area contributed by atoms with E-state index >= 15 is 0 Å². The van der Waals surface area contributed by atoms with Crippen LogP contribution in [0.15, 0.2) is 18.2 Å². The van der Waals surface area contributed by atoms with Crippen LogP contribution in [0, 0.1) is 12.8 Å². The van der Waals surface area contributed by atoms with Crippen LogP contribution < -0.4 is 0 Å². The monoisotopic (exact) mass is 260 g/mol. The molecule has 2 heterocycles. The number of aromatic nitrogens is 1.